The quantitative estimate of drug-likeness (QED) is 0.439. The average Bonchev–Trinajstić information content (AvgIpc) is 3.04. The van der Waals surface area contributed by atoms with E-state index in [1.807, 2.05) is 6.92 Å². The fourth-order valence-corrected chi connectivity index (χ4v) is 6.41. The summed E-state index contributed by atoms with van der Waals surface area (Å²) >= 11 is 2.81. The Labute approximate surface area is 195 Å². The predicted octanol–water partition coefficient (Wildman–Crippen LogP) is 3.73. The zero-order chi connectivity index (χ0) is 23.5. The summed E-state index contributed by atoms with van der Waals surface area (Å²) in [5.41, 5.74) is 0.642. The van der Waals surface area contributed by atoms with Gasteiger partial charge < -0.3 is 5.32 Å². The molecule has 0 spiro atoms. The fraction of sp³-hybridized carbons (Fsp3) is 0.381. The molecule has 1 aromatic carbocycles. The molecule has 172 valence electrons. The van der Waals surface area contributed by atoms with Crippen molar-refractivity contribution < 1.29 is 13.2 Å². The van der Waals surface area contributed by atoms with Crippen LogP contribution in [0.2, 0.25) is 0 Å². The van der Waals surface area contributed by atoms with Gasteiger partial charge in [0.1, 0.15) is 11.4 Å². The molecule has 0 aliphatic carbocycles. The van der Waals surface area contributed by atoms with E-state index in [-0.39, 0.29) is 16.4 Å². The molecule has 0 saturated heterocycles. The highest BCUT2D eigenvalue weighted by atomic mass is 32.2. The molecule has 1 aromatic rings. The van der Waals surface area contributed by atoms with Crippen molar-refractivity contribution in [2.24, 2.45) is 5.92 Å². The molecular weight excluding hydrogens is 468 g/mol. The third kappa shape index (κ3) is 5.33. The number of carbonyl (C=O) groups excluding carboxylic acids is 1. The summed E-state index contributed by atoms with van der Waals surface area (Å²) in [6.45, 7) is 8.27. The van der Waals surface area contributed by atoms with Gasteiger partial charge in [-0.1, -0.05) is 31.5 Å². The van der Waals surface area contributed by atoms with Crippen molar-refractivity contribution in [3.8, 4) is 5.69 Å². The van der Waals surface area contributed by atoms with Crippen molar-refractivity contribution >= 4 is 44.8 Å². The average molecular weight is 495 g/mol. The highest BCUT2D eigenvalue weighted by Crippen LogP contribution is 2.37. The number of anilines is 1. The molecule has 0 unspecified atom stereocenters. The summed E-state index contributed by atoms with van der Waals surface area (Å²) in [4.78, 5) is 29.3. The van der Waals surface area contributed by atoms with Crippen LogP contribution in [-0.2, 0) is 10.0 Å². The molecule has 0 atom stereocenters. The number of carbonyl (C=O) groups is 1. The molecule has 2 aliphatic heterocycles. The van der Waals surface area contributed by atoms with Crippen LogP contribution >= 0.6 is 23.1 Å². The fourth-order valence-electron chi connectivity index (χ4n) is 2.90. The minimum absolute atomic E-state index is 0.0641. The van der Waals surface area contributed by atoms with Gasteiger partial charge in [0, 0.05) is 11.9 Å². The molecule has 0 fully saturated rings. The van der Waals surface area contributed by atoms with Crippen LogP contribution in [0.1, 0.15) is 43.2 Å². The number of nitrogens with one attached hydrogen (secondary N) is 2. The van der Waals surface area contributed by atoms with Gasteiger partial charge in [0.2, 0.25) is 0 Å². The highest BCUT2D eigenvalue weighted by molar-refractivity contribution is 8.01. The number of nitrogens with zero attached hydrogens (tertiary/aromatic N) is 2. The molecule has 2 heterocycles. The second-order valence-electron chi connectivity index (χ2n) is 7.64. The molecule has 2 aliphatic rings. The second-order valence-corrected chi connectivity index (χ2v) is 11.6. The van der Waals surface area contributed by atoms with Gasteiger partial charge >= 0.3 is 5.69 Å². The number of hydrogen-bond donors (Lipinski definition) is 2. The van der Waals surface area contributed by atoms with Gasteiger partial charge in [0.05, 0.1) is 9.10 Å². The molecule has 32 heavy (non-hydrogen) atoms. The lowest BCUT2D eigenvalue weighted by molar-refractivity contribution is 0.0948. The van der Waals surface area contributed by atoms with Crippen molar-refractivity contribution in [3.05, 3.63) is 51.4 Å². The Morgan fingerprint density at radius 3 is 2.56 bits per heavy atom. The molecule has 2 N–H and O–H groups in total. The molecule has 0 aromatic heterocycles. The first kappa shape index (κ1) is 24.3. The largest absolute Gasteiger partial charge is 0.355 e. The summed E-state index contributed by atoms with van der Waals surface area (Å²) in [6.07, 6.45) is 0.949. The van der Waals surface area contributed by atoms with Crippen molar-refractivity contribution in [1.82, 2.24) is 14.9 Å². The van der Waals surface area contributed by atoms with E-state index in [0.29, 0.717) is 18.2 Å². The van der Waals surface area contributed by atoms with Crippen LogP contribution < -0.4 is 15.7 Å². The SMILES string of the molecule is CCNC(=O)c1csc(SCCC(C)C)c2c(NS(=O)(=O)c3ccc(C)cc3)nc(=O)n1-2. The molecule has 0 bridgehead atoms. The lowest BCUT2D eigenvalue weighted by atomic mass is 10.2. The summed E-state index contributed by atoms with van der Waals surface area (Å²) in [6, 6.07) is 6.38. The lowest BCUT2D eigenvalue weighted by Gasteiger charge is -2.15. The van der Waals surface area contributed by atoms with Gasteiger partial charge in [-0.3, -0.25) is 9.52 Å². The van der Waals surface area contributed by atoms with Gasteiger partial charge in [0.15, 0.2) is 5.82 Å². The monoisotopic (exact) mass is 494 g/mol. The molecule has 0 saturated carbocycles. The van der Waals surface area contributed by atoms with E-state index in [9.17, 15) is 18.0 Å². The maximum absolute atomic E-state index is 13.0. The van der Waals surface area contributed by atoms with E-state index in [1.165, 1.54) is 39.8 Å². The van der Waals surface area contributed by atoms with Crippen LogP contribution in [0.3, 0.4) is 0 Å². The normalized spacial score (nSPS) is 11.8. The Balaban J connectivity index is 2.08. The molecular formula is C21H26N4O4S3. The first-order valence-electron chi connectivity index (χ1n) is 10.2. The zero-order valence-electron chi connectivity index (χ0n) is 18.3. The van der Waals surface area contributed by atoms with Gasteiger partial charge in [-0.05, 0) is 44.1 Å². The number of fused-ring (bicyclic) bond motifs is 1. The summed E-state index contributed by atoms with van der Waals surface area (Å²) in [7, 11) is -3.97. The van der Waals surface area contributed by atoms with E-state index < -0.39 is 21.6 Å². The topological polar surface area (TPSA) is 110 Å². The lowest BCUT2D eigenvalue weighted by Crippen LogP contribution is -2.29. The number of imidazole rings is 1. The van der Waals surface area contributed by atoms with E-state index in [2.05, 4.69) is 28.9 Å². The summed E-state index contributed by atoms with van der Waals surface area (Å²) in [5, 5.41) is 4.29. The number of aromatic nitrogens is 2. The van der Waals surface area contributed by atoms with Crippen LogP contribution in [0.25, 0.3) is 5.69 Å². The maximum atomic E-state index is 13.0. The van der Waals surface area contributed by atoms with Crippen molar-refractivity contribution in [2.75, 3.05) is 17.0 Å². The van der Waals surface area contributed by atoms with Crippen LogP contribution in [0.15, 0.2) is 43.5 Å². The van der Waals surface area contributed by atoms with Crippen LogP contribution in [-0.4, -0.2) is 36.2 Å². The second kappa shape index (κ2) is 10.1. The first-order chi connectivity index (χ1) is 15.1. The van der Waals surface area contributed by atoms with Gasteiger partial charge in [-0.15, -0.1) is 23.1 Å². The highest BCUT2D eigenvalue weighted by Gasteiger charge is 2.28. The van der Waals surface area contributed by atoms with E-state index in [4.69, 9.17) is 0 Å². The number of sulfonamides is 1. The third-order valence-electron chi connectivity index (χ3n) is 4.62. The van der Waals surface area contributed by atoms with Gasteiger partial charge in [-0.25, -0.2) is 17.8 Å². The number of thioether (sulfide) groups is 1. The van der Waals surface area contributed by atoms with Crippen LogP contribution in [0, 0.1) is 12.8 Å². The number of hydrogen-bond acceptors (Lipinski definition) is 7. The van der Waals surface area contributed by atoms with Crippen molar-refractivity contribution in [2.45, 2.75) is 43.2 Å². The van der Waals surface area contributed by atoms with E-state index in [0.717, 1.165) is 21.9 Å². The third-order valence-corrected chi connectivity index (χ3v) is 8.26. The summed E-state index contributed by atoms with van der Waals surface area (Å²) < 4.78 is 30.3. The van der Waals surface area contributed by atoms with E-state index in [1.54, 1.807) is 24.4 Å². The number of amides is 1. The molecule has 0 radical (unpaired) electrons. The number of benzene rings is 1. The predicted molar refractivity (Wildman–Crippen MR) is 129 cm³/mol. The molecule has 3 rings (SSSR count). The van der Waals surface area contributed by atoms with Crippen LogP contribution in [0.5, 0.6) is 0 Å². The van der Waals surface area contributed by atoms with Crippen LogP contribution in [0.4, 0.5) is 5.82 Å². The Bertz CT molecular complexity index is 1230. The van der Waals surface area contributed by atoms with Crippen molar-refractivity contribution in [3.63, 3.8) is 0 Å². The van der Waals surface area contributed by atoms with Gasteiger partial charge in [-0.2, -0.15) is 4.98 Å². The minimum atomic E-state index is -3.97. The Morgan fingerprint density at radius 2 is 1.94 bits per heavy atom. The van der Waals surface area contributed by atoms with E-state index >= 15 is 0 Å². The maximum Gasteiger partial charge on any atom is 0.355 e. The summed E-state index contributed by atoms with van der Waals surface area (Å²) in [5.74, 6) is 0.783. The molecule has 11 heteroatoms. The van der Waals surface area contributed by atoms with Gasteiger partial charge in [0.25, 0.3) is 15.9 Å². The first-order valence-corrected chi connectivity index (χ1v) is 13.5. The number of rotatable bonds is 9. The Morgan fingerprint density at radius 1 is 1.25 bits per heavy atom. The standard InChI is InChI=1S/C21H26N4O4S3/c1-5-22-19(26)16-12-31-20(30-11-10-13(2)3)17-18(23-21(27)25(16)17)24-32(28,29)15-8-6-14(4)7-9-15/h6-9,12-13H,5,10-11H2,1-4H3,(H,22,26)(H,23,24,27). The molecule has 8 nitrogen and oxygen atoms in total. The smallest absolute Gasteiger partial charge is 0.351 e. The minimum Gasteiger partial charge on any atom is -0.351 e. The Kier molecular flexibility index (Phi) is 7.63. The van der Waals surface area contributed by atoms with Crippen molar-refractivity contribution in [1.29, 1.82) is 0 Å². The zero-order valence-corrected chi connectivity index (χ0v) is 20.8. The molecule has 1 amide bonds. The number of aryl methyl sites for hydroxylation is 1. The Hall–Kier alpha value is -2.37.